The Kier molecular flexibility index (Phi) is 4.27. The Morgan fingerprint density at radius 3 is 2.71 bits per heavy atom. The fourth-order valence-corrected chi connectivity index (χ4v) is 2.58. The summed E-state index contributed by atoms with van der Waals surface area (Å²) in [6.07, 6.45) is 1.55. The van der Waals surface area contributed by atoms with Crippen molar-refractivity contribution in [1.29, 1.82) is 0 Å². The van der Waals surface area contributed by atoms with Gasteiger partial charge in [0, 0.05) is 11.6 Å². The molecule has 0 fully saturated rings. The molecule has 0 spiro atoms. The summed E-state index contributed by atoms with van der Waals surface area (Å²) in [5.74, 6) is -0.982. The van der Waals surface area contributed by atoms with Gasteiger partial charge in [-0.1, -0.05) is 36.4 Å². The van der Waals surface area contributed by atoms with Gasteiger partial charge in [-0.25, -0.2) is 4.39 Å². The zero-order chi connectivity index (χ0) is 17.2. The van der Waals surface area contributed by atoms with E-state index in [1.165, 1.54) is 6.07 Å². The molecule has 0 bridgehead atoms. The molecule has 122 valence electrons. The quantitative estimate of drug-likeness (QED) is 0.775. The van der Waals surface area contributed by atoms with Gasteiger partial charge >= 0.3 is 0 Å². The molecule has 1 amide bonds. The molecule has 3 aromatic rings. The average molecular weight is 324 g/mol. The van der Waals surface area contributed by atoms with E-state index in [4.69, 9.17) is 0 Å². The average Bonchev–Trinajstić information content (AvgIpc) is 2.59. The monoisotopic (exact) mass is 324 g/mol. The van der Waals surface area contributed by atoms with Crippen LogP contribution < -0.4 is 5.32 Å². The number of amides is 1. The molecule has 24 heavy (non-hydrogen) atoms. The molecule has 2 aromatic carbocycles. The second-order valence-electron chi connectivity index (χ2n) is 5.85. The molecule has 1 unspecified atom stereocenters. The number of benzene rings is 2. The van der Waals surface area contributed by atoms with Gasteiger partial charge in [0.2, 0.25) is 0 Å². The lowest BCUT2D eigenvalue weighted by molar-refractivity contribution is 0.0527. The van der Waals surface area contributed by atoms with Crippen LogP contribution >= 0.6 is 0 Å². The minimum absolute atomic E-state index is 0.000681. The van der Waals surface area contributed by atoms with Crippen LogP contribution in [0.3, 0.4) is 0 Å². The highest BCUT2D eigenvalue weighted by Crippen LogP contribution is 2.21. The van der Waals surface area contributed by atoms with Crippen LogP contribution in [-0.4, -0.2) is 22.5 Å². The van der Waals surface area contributed by atoms with Crippen molar-refractivity contribution < 1.29 is 14.3 Å². The van der Waals surface area contributed by atoms with Crippen molar-refractivity contribution in [3.05, 3.63) is 77.7 Å². The third kappa shape index (κ3) is 3.26. The number of aliphatic hydroxyl groups is 1. The third-order valence-electron chi connectivity index (χ3n) is 3.90. The first-order valence-corrected chi connectivity index (χ1v) is 7.58. The first-order valence-electron chi connectivity index (χ1n) is 7.58. The summed E-state index contributed by atoms with van der Waals surface area (Å²) in [5.41, 5.74) is 0.0331. The molecule has 1 atom stereocenters. The lowest BCUT2D eigenvalue weighted by Crippen LogP contribution is -2.38. The molecule has 0 aliphatic rings. The largest absolute Gasteiger partial charge is 0.384 e. The zero-order valence-electron chi connectivity index (χ0n) is 13.2. The summed E-state index contributed by atoms with van der Waals surface area (Å²) in [5, 5.41) is 13.8. The highest BCUT2D eigenvalue weighted by atomic mass is 19.1. The molecule has 0 aliphatic heterocycles. The van der Waals surface area contributed by atoms with Crippen LogP contribution in [0.5, 0.6) is 0 Å². The smallest absolute Gasteiger partial charge is 0.253 e. The Balaban J connectivity index is 1.83. The summed E-state index contributed by atoms with van der Waals surface area (Å²) in [7, 11) is 0. The van der Waals surface area contributed by atoms with Gasteiger partial charge < -0.3 is 10.4 Å². The first-order chi connectivity index (χ1) is 11.5. The van der Waals surface area contributed by atoms with E-state index in [2.05, 4.69) is 10.3 Å². The first kappa shape index (κ1) is 16.1. The van der Waals surface area contributed by atoms with Gasteiger partial charge in [0.15, 0.2) is 0 Å². The van der Waals surface area contributed by atoms with Crippen molar-refractivity contribution in [2.24, 2.45) is 0 Å². The highest BCUT2D eigenvalue weighted by Gasteiger charge is 2.24. The number of rotatable bonds is 4. The topological polar surface area (TPSA) is 62.2 Å². The van der Waals surface area contributed by atoms with Crippen LogP contribution in [0.15, 0.2) is 60.8 Å². The minimum atomic E-state index is -1.23. The fraction of sp³-hybridized carbons (Fsp3) is 0.158. The van der Waals surface area contributed by atoms with Crippen molar-refractivity contribution in [3.8, 4) is 0 Å². The zero-order valence-corrected chi connectivity index (χ0v) is 13.2. The van der Waals surface area contributed by atoms with Gasteiger partial charge in [-0.15, -0.1) is 0 Å². The van der Waals surface area contributed by atoms with Crippen LogP contribution in [0, 0.1) is 5.82 Å². The van der Waals surface area contributed by atoms with Crippen LogP contribution in [0.25, 0.3) is 10.9 Å². The highest BCUT2D eigenvalue weighted by molar-refractivity contribution is 6.05. The van der Waals surface area contributed by atoms with Crippen molar-refractivity contribution >= 4 is 16.8 Å². The molecule has 4 nitrogen and oxygen atoms in total. The third-order valence-corrected chi connectivity index (χ3v) is 3.90. The Hall–Kier alpha value is -2.79. The molecule has 0 aliphatic carbocycles. The normalized spacial score (nSPS) is 13.5. The Morgan fingerprint density at radius 1 is 1.21 bits per heavy atom. The number of carbonyl (C=O) groups is 1. The van der Waals surface area contributed by atoms with Gasteiger partial charge in [-0.05, 0) is 30.7 Å². The molecule has 1 heterocycles. The van der Waals surface area contributed by atoms with Crippen molar-refractivity contribution in [2.75, 3.05) is 6.54 Å². The number of hydrogen-bond acceptors (Lipinski definition) is 3. The van der Waals surface area contributed by atoms with Crippen molar-refractivity contribution in [2.45, 2.75) is 12.5 Å². The standard InChI is InChI=1S/C19H17FN2O2/c1-19(24,14-7-3-2-4-8-14)12-22-18(23)16-11-15(20)10-13-6-5-9-21-17(13)16/h2-11,24H,12H2,1H3,(H,22,23). The van der Waals surface area contributed by atoms with Gasteiger partial charge in [-0.3, -0.25) is 9.78 Å². The predicted molar refractivity (Wildman–Crippen MR) is 90.0 cm³/mol. The van der Waals surface area contributed by atoms with E-state index in [9.17, 15) is 14.3 Å². The fourth-order valence-electron chi connectivity index (χ4n) is 2.58. The maximum Gasteiger partial charge on any atom is 0.253 e. The molecule has 5 heteroatoms. The number of halogens is 1. The lowest BCUT2D eigenvalue weighted by Gasteiger charge is -2.24. The molecular formula is C19H17FN2O2. The maximum atomic E-state index is 13.7. The molecule has 0 radical (unpaired) electrons. The second kappa shape index (κ2) is 6.37. The number of hydrogen-bond donors (Lipinski definition) is 2. The number of fused-ring (bicyclic) bond motifs is 1. The molecule has 1 aromatic heterocycles. The van der Waals surface area contributed by atoms with Gasteiger partial charge in [0.1, 0.15) is 11.4 Å². The number of carbonyl (C=O) groups excluding carboxylic acids is 1. The van der Waals surface area contributed by atoms with Crippen molar-refractivity contribution in [1.82, 2.24) is 10.3 Å². The predicted octanol–water partition coefficient (Wildman–Crippen LogP) is 3.01. The molecular weight excluding hydrogens is 307 g/mol. The van der Waals surface area contributed by atoms with E-state index < -0.39 is 17.3 Å². The molecule has 0 saturated carbocycles. The van der Waals surface area contributed by atoms with E-state index >= 15 is 0 Å². The van der Waals surface area contributed by atoms with Crippen LogP contribution in [-0.2, 0) is 5.60 Å². The van der Waals surface area contributed by atoms with E-state index in [1.807, 2.05) is 18.2 Å². The number of nitrogens with one attached hydrogen (secondary N) is 1. The van der Waals surface area contributed by atoms with Crippen LogP contribution in [0.2, 0.25) is 0 Å². The summed E-state index contributed by atoms with van der Waals surface area (Å²) in [6.45, 7) is 1.62. The summed E-state index contributed by atoms with van der Waals surface area (Å²) >= 11 is 0. The van der Waals surface area contributed by atoms with Crippen LogP contribution in [0.1, 0.15) is 22.8 Å². The van der Waals surface area contributed by atoms with E-state index in [-0.39, 0.29) is 12.1 Å². The van der Waals surface area contributed by atoms with Gasteiger partial charge in [0.05, 0.1) is 17.6 Å². The summed E-state index contributed by atoms with van der Waals surface area (Å²) in [4.78, 5) is 16.6. The Morgan fingerprint density at radius 2 is 1.96 bits per heavy atom. The SMILES string of the molecule is CC(O)(CNC(=O)c1cc(F)cc2cccnc12)c1ccccc1. The second-order valence-corrected chi connectivity index (χ2v) is 5.85. The van der Waals surface area contributed by atoms with Crippen LogP contribution in [0.4, 0.5) is 4.39 Å². The molecule has 2 N–H and O–H groups in total. The summed E-state index contributed by atoms with van der Waals surface area (Å²) < 4.78 is 13.7. The molecule has 0 saturated heterocycles. The number of pyridine rings is 1. The minimum Gasteiger partial charge on any atom is -0.384 e. The Labute approximate surface area is 139 Å². The van der Waals surface area contributed by atoms with Crippen molar-refractivity contribution in [3.63, 3.8) is 0 Å². The van der Waals surface area contributed by atoms with Gasteiger partial charge in [-0.2, -0.15) is 0 Å². The molecule has 3 rings (SSSR count). The Bertz CT molecular complexity index is 879. The number of nitrogens with zero attached hydrogens (tertiary/aromatic N) is 1. The van der Waals surface area contributed by atoms with Gasteiger partial charge in [0.25, 0.3) is 5.91 Å². The van der Waals surface area contributed by atoms with E-state index in [0.717, 1.165) is 6.07 Å². The van der Waals surface area contributed by atoms with E-state index in [0.29, 0.717) is 16.5 Å². The summed E-state index contributed by atoms with van der Waals surface area (Å²) in [6, 6.07) is 14.9. The number of aromatic nitrogens is 1. The lowest BCUT2D eigenvalue weighted by atomic mass is 9.96. The maximum absolute atomic E-state index is 13.7. The van der Waals surface area contributed by atoms with E-state index in [1.54, 1.807) is 37.4 Å².